The van der Waals surface area contributed by atoms with E-state index < -0.39 is 0 Å². The van der Waals surface area contributed by atoms with Crippen molar-refractivity contribution in [3.8, 4) is 0 Å². The topological polar surface area (TPSA) is 50.2 Å². The molecule has 3 rings (SSSR count). The van der Waals surface area contributed by atoms with Gasteiger partial charge in [-0.05, 0) is 32.7 Å². The van der Waals surface area contributed by atoms with Crippen LogP contribution in [-0.4, -0.2) is 45.8 Å². The zero-order chi connectivity index (χ0) is 13.6. The summed E-state index contributed by atoms with van der Waals surface area (Å²) in [5.74, 6) is -0.153. The van der Waals surface area contributed by atoms with Gasteiger partial charge in [0.2, 0.25) is 0 Å². The van der Waals surface area contributed by atoms with Gasteiger partial charge in [0.05, 0.1) is 5.02 Å². The van der Waals surface area contributed by atoms with Crippen LogP contribution in [0.2, 0.25) is 5.02 Å². The number of rotatable bonds is 2. The number of aromatic nitrogens is 2. The molecule has 1 aromatic rings. The lowest BCUT2D eigenvalue weighted by Crippen LogP contribution is -2.48. The van der Waals surface area contributed by atoms with Crippen molar-refractivity contribution in [2.24, 2.45) is 7.05 Å². The standard InChI is InChI=1S/C13H19ClN4O/c1-17-7-11(14)12(16-17)13(19)15-8-5-9-3-4-10(6-8)18(9)2/h7-10H,3-6H2,1-2H3,(H,15,19). The maximum atomic E-state index is 12.2. The highest BCUT2D eigenvalue weighted by atomic mass is 35.5. The molecule has 104 valence electrons. The lowest BCUT2D eigenvalue weighted by Gasteiger charge is -2.36. The molecule has 5 nitrogen and oxygen atoms in total. The molecule has 0 aromatic carbocycles. The van der Waals surface area contributed by atoms with Crippen LogP contribution in [0.4, 0.5) is 0 Å². The highest BCUT2D eigenvalue weighted by Crippen LogP contribution is 2.34. The smallest absolute Gasteiger partial charge is 0.273 e. The normalized spacial score (nSPS) is 30.6. The number of hydrogen-bond acceptors (Lipinski definition) is 3. The molecule has 6 heteroatoms. The first-order chi connectivity index (χ1) is 9.04. The van der Waals surface area contributed by atoms with Crippen LogP contribution in [0.1, 0.15) is 36.2 Å². The van der Waals surface area contributed by atoms with Crippen LogP contribution >= 0.6 is 11.6 Å². The molecule has 2 saturated heterocycles. The van der Waals surface area contributed by atoms with Crippen molar-refractivity contribution in [3.63, 3.8) is 0 Å². The van der Waals surface area contributed by atoms with E-state index in [4.69, 9.17) is 11.6 Å². The first-order valence-electron chi connectivity index (χ1n) is 6.76. The molecule has 0 spiro atoms. The van der Waals surface area contributed by atoms with Crippen LogP contribution < -0.4 is 5.32 Å². The summed E-state index contributed by atoms with van der Waals surface area (Å²) in [5, 5.41) is 7.60. The third-order valence-corrected chi connectivity index (χ3v) is 4.71. The van der Waals surface area contributed by atoms with Crippen molar-refractivity contribution < 1.29 is 4.79 Å². The molecule has 2 atom stereocenters. The highest BCUT2D eigenvalue weighted by Gasteiger charge is 2.39. The molecule has 2 aliphatic rings. The second-order valence-corrected chi connectivity index (χ2v) is 6.10. The van der Waals surface area contributed by atoms with Crippen molar-refractivity contribution in [1.29, 1.82) is 0 Å². The van der Waals surface area contributed by atoms with E-state index in [0.29, 0.717) is 22.8 Å². The Morgan fingerprint density at radius 3 is 2.53 bits per heavy atom. The number of nitrogens with one attached hydrogen (secondary N) is 1. The number of carbonyl (C=O) groups is 1. The molecule has 1 aromatic heterocycles. The van der Waals surface area contributed by atoms with Crippen LogP contribution in [0.5, 0.6) is 0 Å². The van der Waals surface area contributed by atoms with E-state index in [1.807, 2.05) is 0 Å². The van der Waals surface area contributed by atoms with Crippen LogP contribution in [0.3, 0.4) is 0 Å². The fourth-order valence-corrected chi connectivity index (χ4v) is 3.66. The Labute approximate surface area is 117 Å². The van der Waals surface area contributed by atoms with Gasteiger partial charge < -0.3 is 10.2 Å². The Morgan fingerprint density at radius 1 is 1.37 bits per heavy atom. The fourth-order valence-electron chi connectivity index (χ4n) is 3.40. The number of carbonyl (C=O) groups excluding carboxylic acids is 1. The van der Waals surface area contributed by atoms with Gasteiger partial charge in [-0.25, -0.2) is 0 Å². The average Bonchev–Trinajstić information content (AvgIpc) is 2.77. The fraction of sp³-hybridized carbons (Fsp3) is 0.692. The molecule has 0 aliphatic carbocycles. The average molecular weight is 283 g/mol. The Kier molecular flexibility index (Phi) is 3.27. The van der Waals surface area contributed by atoms with Gasteiger partial charge in [-0.2, -0.15) is 5.10 Å². The number of aryl methyl sites for hydroxylation is 1. The van der Waals surface area contributed by atoms with Gasteiger partial charge in [0, 0.05) is 31.4 Å². The van der Waals surface area contributed by atoms with E-state index >= 15 is 0 Å². The number of nitrogens with zero attached hydrogens (tertiary/aromatic N) is 3. The summed E-state index contributed by atoms with van der Waals surface area (Å²) in [4.78, 5) is 14.6. The summed E-state index contributed by atoms with van der Waals surface area (Å²) in [7, 11) is 3.95. The number of fused-ring (bicyclic) bond motifs is 2. The van der Waals surface area contributed by atoms with Crippen molar-refractivity contribution >= 4 is 17.5 Å². The Morgan fingerprint density at radius 2 is 2.00 bits per heavy atom. The largest absolute Gasteiger partial charge is 0.348 e. The molecule has 2 fully saturated rings. The minimum atomic E-state index is -0.153. The number of hydrogen-bond donors (Lipinski definition) is 1. The Bertz CT molecular complexity index is 487. The summed E-state index contributed by atoms with van der Waals surface area (Å²) in [6.45, 7) is 0. The van der Waals surface area contributed by atoms with E-state index in [-0.39, 0.29) is 11.9 Å². The van der Waals surface area contributed by atoms with E-state index in [2.05, 4.69) is 22.4 Å². The van der Waals surface area contributed by atoms with E-state index in [1.54, 1.807) is 17.9 Å². The van der Waals surface area contributed by atoms with Gasteiger partial charge in [0.25, 0.3) is 5.91 Å². The summed E-state index contributed by atoms with van der Waals surface area (Å²) in [5.41, 5.74) is 0.329. The van der Waals surface area contributed by atoms with Gasteiger partial charge in [-0.1, -0.05) is 11.6 Å². The molecule has 1 amide bonds. The minimum Gasteiger partial charge on any atom is -0.348 e. The predicted molar refractivity (Wildman–Crippen MR) is 73.3 cm³/mol. The number of piperidine rings is 1. The molecule has 19 heavy (non-hydrogen) atoms. The van der Waals surface area contributed by atoms with Crippen LogP contribution in [0.25, 0.3) is 0 Å². The number of amides is 1. The Balaban J connectivity index is 1.66. The minimum absolute atomic E-state index is 0.153. The van der Waals surface area contributed by atoms with Crippen molar-refractivity contribution in [3.05, 3.63) is 16.9 Å². The molecule has 1 N–H and O–H groups in total. The third kappa shape index (κ3) is 2.37. The molecule has 3 heterocycles. The zero-order valence-electron chi connectivity index (χ0n) is 11.3. The lowest BCUT2D eigenvalue weighted by atomic mass is 9.98. The summed E-state index contributed by atoms with van der Waals surface area (Å²) in [6.07, 6.45) is 6.21. The van der Waals surface area contributed by atoms with Crippen LogP contribution in [0, 0.1) is 0 Å². The quantitative estimate of drug-likeness (QED) is 0.893. The van der Waals surface area contributed by atoms with Gasteiger partial charge >= 0.3 is 0 Å². The van der Waals surface area contributed by atoms with E-state index in [9.17, 15) is 4.79 Å². The number of halogens is 1. The SMILES string of the molecule is CN1C2CCC1CC(NC(=O)c1nn(C)cc1Cl)C2. The predicted octanol–water partition coefficient (Wildman–Crippen LogP) is 1.43. The molecule has 2 bridgehead atoms. The van der Waals surface area contributed by atoms with Gasteiger partial charge in [0.15, 0.2) is 5.69 Å². The maximum Gasteiger partial charge on any atom is 0.273 e. The molecule has 0 radical (unpaired) electrons. The zero-order valence-corrected chi connectivity index (χ0v) is 12.0. The van der Waals surface area contributed by atoms with E-state index in [0.717, 1.165) is 12.8 Å². The molecule has 0 saturated carbocycles. The van der Waals surface area contributed by atoms with Gasteiger partial charge in [-0.3, -0.25) is 9.48 Å². The molecular formula is C13H19ClN4O. The van der Waals surface area contributed by atoms with Crippen molar-refractivity contribution in [2.45, 2.75) is 43.8 Å². The molecule has 2 aliphatic heterocycles. The van der Waals surface area contributed by atoms with Gasteiger partial charge in [0.1, 0.15) is 0 Å². The second kappa shape index (κ2) is 4.80. The third-order valence-electron chi connectivity index (χ3n) is 4.43. The monoisotopic (exact) mass is 282 g/mol. The Hall–Kier alpha value is -1.07. The molecule has 2 unspecified atom stereocenters. The highest BCUT2D eigenvalue weighted by molar-refractivity contribution is 6.33. The summed E-state index contributed by atoms with van der Waals surface area (Å²) in [6, 6.07) is 1.48. The van der Waals surface area contributed by atoms with Crippen molar-refractivity contribution in [1.82, 2.24) is 20.0 Å². The first-order valence-corrected chi connectivity index (χ1v) is 7.14. The second-order valence-electron chi connectivity index (χ2n) is 5.69. The van der Waals surface area contributed by atoms with Crippen LogP contribution in [0.15, 0.2) is 6.20 Å². The first kappa shape index (κ1) is 12.9. The van der Waals surface area contributed by atoms with E-state index in [1.165, 1.54) is 12.8 Å². The maximum absolute atomic E-state index is 12.2. The van der Waals surface area contributed by atoms with Gasteiger partial charge in [-0.15, -0.1) is 0 Å². The van der Waals surface area contributed by atoms with Crippen molar-refractivity contribution in [2.75, 3.05) is 7.05 Å². The molecular weight excluding hydrogens is 264 g/mol. The summed E-state index contributed by atoms with van der Waals surface area (Å²) >= 11 is 6.00. The van der Waals surface area contributed by atoms with Crippen LogP contribution in [-0.2, 0) is 7.05 Å². The summed E-state index contributed by atoms with van der Waals surface area (Å²) < 4.78 is 1.57. The lowest BCUT2D eigenvalue weighted by molar-refractivity contribution is 0.0877.